The van der Waals surface area contributed by atoms with E-state index in [1.165, 1.54) is 0 Å². The van der Waals surface area contributed by atoms with E-state index in [9.17, 15) is 22.8 Å². The summed E-state index contributed by atoms with van der Waals surface area (Å²) in [6, 6.07) is 1.20. The first-order valence-electron chi connectivity index (χ1n) is 8.95. The van der Waals surface area contributed by atoms with Crippen LogP contribution < -0.4 is 0 Å². The van der Waals surface area contributed by atoms with E-state index in [1.807, 2.05) is 0 Å². The number of benzene rings is 1. The quantitative estimate of drug-likeness (QED) is 0.458. The fourth-order valence-electron chi connectivity index (χ4n) is 3.69. The SMILES string of the molecule is COC(=O)[C@@H]1CC(C(F)(F)c2ccc(Br)cc2C(F)(F)F)CN1C(=O)C1(C)CC1. The summed E-state index contributed by atoms with van der Waals surface area (Å²) in [6.07, 6.45) is -4.32. The van der Waals surface area contributed by atoms with E-state index >= 15 is 8.78 Å². The van der Waals surface area contributed by atoms with Gasteiger partial charge in [-0.2, -0.15) is 13.2 Å². The van der Waals surface area contributed by atoms with Gasteiger partial charge in [0.2, 0.25) is 5.91 Å². The summed E-state index contributed by atoms with van der Waals surface area (Å²) in [6.45, 7) is 1.15. The van der Waals surface area contributed by atoms with E-state index in [0.29, 0.717) is 18.9 Å². The number of halogens is 6. The molecular formula is C19H19BrF5NO3. The van der Waals surface area contributed by atoms with Crippen LogP contribution in [0, 0.1) is 11.3 Å². The van der Waals surface area contributed by atoms with Crippen LogP contribution in [-0.2, 0) is 26.4 Å². The van der Waals surface area contributed by atoms with Crippen molar-refractivity contribution >= 4 is 27.8 Å². The minimum Gasteiger partial charge on any atom is -0.467 e. The second-order valence-electron chi connectivity index (χ2n) is 7.80. The lowest BCUT2D eigenvalue weighted by Gasteiger charge is -2.28. The zero-order valence-corrected chi connectivity index (χ0v) is 17.2. The highest BCUT2D eigenvalue weighted by Crippen LogP contribution is 2.51. The average molecular weight is 484 g/mol. The summed E-state index contributed by atoms with van der Waals surface area (Å²) in [5.74, 6) is -6.86. The third kappa shape index (κ3) is 4.00. The molecule has 1 aliphatic heterocycles. The maximum atomic E-state index is 15.3. The minimum absolute atomic E-state index is 0.0155. The van der Waals surface area contributed by atoms with Crippen molar-refractivity contribution in [3.8, 4) is 0 Å². The van der Waals surface area contributed by atoms with E-state index in [-0.39, 0.29) is 4.47 Å². The number of carbonyl (C=O) groups excluding carboxylic acids is 2. The molecule has 1 amide bonds. The van der Waals surface area contributed by atoms with Gasteiger partial charge in [0.1, 0.15) is 6.04 Å². The van der Waals surface area contributed by atoms with E-state index in [2.05, 4.69) is 20.7 Å². The molecule has 2 atom stereocenters. The largest absolute Gasteiger partial charge is 0.467 e. The highest BCUT2D eigenvalue weighted by Gasteiger charge is 2.57. The molecule has 0 radical (unpaired) electrons. The van der Waals surface area contributed by atoms with Crippen molar-refractivity contribution in [1.82, 2.24) is 4.90 Å². The number of ether oxygens (including phenoxy) is 1. The Morgan fingerprint density at radius 1 is 1.17 bits per heavy atom. The van der Waals surface area contributed by atoms with Crippen molar-refractivity contribution in [2.75, 3.05) is 13.7 Å². The Morgan fingerprint density at radius 2 is 1.79 bits per heavy atom. The van der Waals surface area contributed by atoms with Crippen molar-refractivity contribution in [3.05, 3.63) is 33.8 Å². The number of likely N-dealkylation sites (tertiary alicyclic amines) is 1. The van der Waals surface area contributed by atoms with Crippen molar-refractivity contribution in [2.45, 2.75) is 44.3 Å². The first kappa shape index (κ1) is 22.0. The number of rotatable bonds is 4. The van der Waals surface area contributed by atoms with Gasteiger partial charge in [0.15, 0.2) is 0 Å². The summed E-state index contributed by atoms with van der Waals surface area (Å²) in [5, 5.41) is 0. The third-order valence-corrected chi connectivity index (χ3v) is 6.20. The lowest BCUT2D eigenvalue weighted by atomic mass is 9.89. The summed E-state index contributed by atoms with van der Waals surface area (Å²) < 4.78 is 75.3. The van der Waals surface area contributed by atoms with Gasteiger partial charge in [-0.3, -0.25) is 4.79 Å². The van der Waals surface area contributed by atoms with E-state index < -0.39 is 65.4 Å². The van der Waals surface area contributed by atoms with Crippen LogP contribution >= 0.6 is 15.9 Å². The van der Waals surface area contributed by atoms with Crippen LogP contribution in [0.5, 0.6) is 0 Å². The molecule has 1 heterocycles. The molecule has 2 fully saturated rings. The van der Waals surface area contributed by atoms with Crippen LogP contribution in [0.2, 0.25) is 0 Å². The maximum Gasteiger partial charge on any atom is 0.416 e. The molecule has 1 saturated carbocycles. The number of alkyl halides is 5. The molecule has 160 valence electrons. The van der Waals surface area contributed by atoms with Gasteiger partial charge < -0.3 is 9.64 Å². The summed E-state index contributed by atoms with van der Waals surface area (Å²) in [4.78, 5) is 25.9. The van der Waals surface area contributed by atoms with Crippen LogP contribution in [0.25, 0.3) is 0 Å². The zero-order chi connectivity index (χ0) is 21.8. The lowest BCUT2D eigenvalue weighted by molar-refractivity contribution is -0.152. The van der Waals surface area contributed by atoms with Crippen molar-refractivity contribution < 1.29 is 36.3 Å². The van der Waals surface area contributed by atoms with Gasteiger partial charge in [0.25, 0.3) is 5.92 Å². The number of nitrogens with zero attached hydrogens (tertiary/aromatic N) is 1. The number of carbonyl (C=O) groups is 2. The molecule has 3 rings (SSSR count). The Hall–Kier alpha value is -1.71. The number of amides is 1. The highest BCUT2D eigenvalue weighted by molar-refractivity contribution is 9.10. The molecule has 1 aromatic rings. The van der Waals surface area contributed by atoms with Crippen molar-refractivity contribution in [1.29, 1.82) is 0 Å². The normalized spacial score (nSPS) is 23.8. The second kappa shape index (κ2) is 7.21. The Morgan fingerprint density at radius 3 is 2.31 bits per heavy atom. The first-order valence-corrected chi connectivity index (χ1v) is 9.74. The van der Waals surface area contributed by atoms with Gasteiger partial charge in [-0.25, -0.2) is 13.6 Å². The highest BCUT2D eigenvalue weighted by atomic mass is 79.9. The predicted octanol–water partition coefficient (Wildman–Crippen LogP) is 4.75. The van der Waals surface area contributed by atoms with Crippen LogP contribution in [-0.4, -0.2) is 36.5 Å². The molecule has 0 bridgehead atoms. The monoisotopic (exact) mass is 483 g/mol. The van der Waals surface area contributed by atoms with E-state index in [1.54, 1.807) is 6.92 Å². The molecule has 1 saturated heterocycles. The number of methoxy groups -OCH3 is 1. The molecule has 1 aromatic carbocycles. The van der Waals surface area contributed by atoms with Gasteiger partial charge in [0, 0.05) is 27.9 Å². The molecule has 0 N–H and O–H groups in total. The lowest BCUT2D eigenvalue weighted by Crippen LogP contribution is -2.44. The van der Waals surface area contributed by atoms with Crippen LogP contribution in [0.1, 0.15) is 37.3 Å². The molecule has 4 nitrogen and oxygen atoms in total. The first-order chi connectivity index (χ1) is 13.3. The minimum atomic E-state index is -4.99. The van der Waals surface area contributed by atoms with Gasteiger partial charge in [-0.05, 0) is 31.4 Å². The molecule has 2 aliphatic rings. The van der Waals surface area contributed by atoms with Crippen molar-refractivity contribution in [3.63, 3.8) is 0 Å². The van der Waals surface area contributed by atoms with Gasteiger partial charge in [-0.15, -0.1) is 0 Å². The molecule has 0 aromatic heterocycles. The third-order valence-electron chi connectivity index (χ3n) is 5.71. The Labute approximate surface area is 172 Å². The summed E-state index contributed by atoms with van der Waals surface area (Å²) in [7, 11) is 1.08. The van der Waals surface area contributed by atoms with E-state index in [4.69, 9.17) is 0 Å². The van der Waals surface area contributed by atoms with Crippen LogP contribution in [0.3, 0.4) is 0 Å². The fraction of sp³-hybridized carbons (Fsp3) is 0.579. The number of hydrogen-bond acceptors (Lipinski definition) is 3. The smallest absolute Gasteiger partial charge is 0.416 e. The zero-order valence-electron chi connectivity index (χ0n) is 15.7. The second-order valence-corrected chi connectivity index (χ2v) is 8.72. The average Bonchev–Trinajstić information content (AvgIpc) is 3.23. The molecular weight excluding hydrogens is 465 g/mol. The Kier molecular flexibility index (Phi) is 5.47. The van der Waals surface area contributed by atoms with E-state index in [0.717, 1.165) is 24.1 Å². The topological polar surface area (TPSA) is 46.6 Å². The standard InChI is InChI=1S/C19H19BrF5NO3/c1-17(5-6-17)16(28)26-9-10(7-14(26)15(27)29-2)18(21,22)12-4-3-11(20)8-13(12)19(23,24)25/h3-4,8,10,14H,5-7,9H2,1-2H3/t10?,14-/m0/s1. The summed E-state index contributed by atoms with van der Waals surface area (Å²) >= 11 is 2.88. The van der Waals surface area contributed by atoms with Crippen LogP contribution in [0.4, 0.5) is 22.0 Å². The van der Waals surface area contributed by atoms with Crippen molar-refractivity contribution in [2.24, 2.45) is 11.3 Å². The predicted molar refractivity (Wildman–Crippen MR) is 96.0 cm³/mol. The van der Waals surface area contributed by atoms with Gasteiger partial charge in [-0.1, -0.05) is 28.9 Å². The Bertz CT molecular complexity index is 838. The van der Waals surface area contributed by atoms with Gasteiger partial charge >= 0.3 is 12.1 Å². The fourth-order valence-corrected chi connectivity index (χ4v) is 4.05. The molecule has 29 heavy (non-hydrogen) atoms. The van der Waals surface area contributed by atoms with Gasteiger partial charge in [0.05, 0.1) is 12.7 Å². The molecule has 10 heteroatoms. The molecule has 0 spiro atoms. The maximum absolute atomic E-state index is 15.3. The number of hydrogen-bond donors (Lipinski definition) is 0. The number of esters is 1. The Balaban J connectivity index is 1.97. The molecule has 1 aliphatic carbocycles. The molecule has 1 unspecified atom stereocenters. The van der Waals surface area contributed by atoms with Crippen LogP contribution in [0.15, 0.2) is 22.7 Å². The summed E-state index contributed by atoms with van der Waals surface area (Å²) in [5.41, 5.74) is -3.34.